The van der Waals surface area contributed by atoms with Crippen molar-refractivity contribution in [1.82, 2.24) is 4.90 Å². The summed E-state index contributed by atoms with van der Waals surface area (Å²) >= 11 is 0. The lowest BCUT2D eigenvalue weighted by Gasteiger charge is -2.41. The van der Waals surface area contributed by atoms with E-state index in [0.29, 0.717) is 38.7 Å². The van der Waals surface area contributed by atoms with Crippen LogP contribution in [0.2, 0.25) is 0 Å². The Morgan fingerprint density at radius 1 is 1.13 bits per heavy atom. The van der Waals surface area contributed by atoms with Gasteiger partial charge in [0.05, 0.1) is 18.8 Å². The first kappa shape index (κ1) is 21.8. The Morgan fingerprint density at radius 3 is 2.35 bits per heavy atom. The Hall–Kier alpha value is -2.38. The maximum Gasteiger partial charge on any atom is 0.416 e. The minimum atomic E-state index is -4.32. The number of rotatable bonds is 5. The molecule has 0 amide bonds. The summed E-state index contributed by atoms with van der Waals surface area (Å²) in [5.41, 5.74) is 1.64. The highest BCUT2D eigenvalue weighted by Crippen LogP contribution is 2.35. The van der Waals surface area contributed by atoms with Crippen LogP contribution >= 0.6 is 0 Å². The highest BCUT2D eigenvalue weighted by Gasteiger charge is 2.41. The van der Waals surface area contributed by atoms with Gasteiger partial charge < -0.3 is 14.4 Å². The lowest BCUT2D eigenvalue weighted by molar-refractivity contribution is -0.214. The van der Waals surface area contributed by atoms with Crippen LogP contribution in [-0.4, -0.2) is 43.6 Å². The van der Waals surface area contributed by atoms with E-state index < -0.39 is 11.7 Å². The van der Waals surface area contributed by atoms with E-state index in [1.165, 1.54) is 12.1 Å². The Balaban J connectivity index is 1.38. The molecule has 2 aromatic carbocycles. The standard InChI is InChI=1S/C24H27F3N2O2/c1-2-31-23(15-30-16-23)20-8-6-18(7-9-20)22(28)29-12-10-17(11-13-29)19-4-3-5-21(14-19)24(25,26)27/h3-9,14,17,28H,2,10-13,15-16H2,1H3. The molecule has 4 rings (SSSR count). The molecule has 7 heteroatoms. The first-order valence-electron chi connectivity index (χ1n) is 10.7. The summed E-state index contributed by atoms with van der Waals surface area (Å²) in [7, 11) is 0. The average molecular weight is 432 g/mol. The monoisotopic (exact) mass is 432 g/mol. The number of piperidine rings is 1. The number of likely N-dealkylation sites (tertiary alicyclic amines) is 1. The van der Waals surface area contributed by atoms with Gasteiger partial charge in [0.25, 0.3) is 0 Å². The van der Waals surface area contributed by atoms with Crippen molar-refractivity contribution in [3.8, 4) is 0 Å². The Morgan fingerprint density at radius 2 is 1.81 bits per heavy atom. The highest BCUT2D eigenvalue weighted by atomic mass is 19.4. The fourth-order valence-electron chi connectivity index (χ4n) is 4.42. The van der Waals surface area contributed by atoms with Crippen LogP contribution < -0.4 is 0 Å². The maximum absolute atomic E-state index is 13.0. The molecule has 1 N–H and O–H groups in total. The summed E-state index contributed by atoms with van der Waals surface area (Å²) in [4.78, 5) is 2.00. The molecule has 0 saturated carbocycles. The van der Waals surface area contributed by atoms with Crippen LogP contribution in [0.5, 0.6) is 0 Å². The molecule has 2 aliphatic rings. The zero-order valence-corrected chi connectivity index (χ0v) is 17.5. The molecule has 2 fully saturated rings. The summed E-state index contributed by atoms with van der Waals surface area (Å²) in [6.45, 7) is 4.96. The van der Waals surface area contributed by atoms with E-state index in [-0.39, 0.29) is 11.5 Å². The van der Waals surface area contributed by atoms with Crippen molar-refractivity contribution in [3.05, 3.63) is 70.8 Å². The number of amidine groups is 1. The molecule has 2 aliphatic heterocycles. The van der Waals surface area contributed by atoms with Crippen molar-refractivity contribution >= 4 is 5.84 Å². The summed E-state index contributed by atoms with van der Waals surface area (Å²) in [6, 6.07) is 13.5. The van der Waals surface area contributed by atoms with E-state index in [1.54, 1.807) is 6.07 Å². The van der Waals surface area contributed by atoms with Gasteiger partial charge >= 0.3 is 6.18 Å². The van der Waals surface area contributed by atoms with Crippen LogP contribution in [0.3, 0.4) is 0 Å². The van der Waals surface area contributed by atoms with Gasteiger partial charge in [0.2, 0.25) is 0 Å². The summed E-state index contributed by atoms with van der Waals surface area (Å²) in [6.07, 6.45) is -2.86. The molecule has 0 bridgehead atoms. The van der Waals surface area contributed by atoms with Gasteiger partial charge in [-0.3, -0.25) is 5.41 Å². The lowest BCUT2D eigenvalue weighted by atomic mass is 9.88. The number of ether oxygens (including phenoxy) is 2. The quantitative estimate of drug-likeness (QED) is 0.524. The molecular formula is C24H27F3N2O2. The fourth-order valence-corrected chi connectivity index (χ4v) is 4.42. The van der Waals surface area contributed by atoms with Gasteiger partial charge in [0.15, 0.2) is 0 Å². The number of nitrogens with one attached hydrogen (secondary N) is 1. The summed E-state index contributed by atoms with van der Waals surface area (Å²) < 4.78 is 50.3. The van der Waals surface area contributed by atoms with Crippen LogP contribution in [0, 0.1) is 5.41 Å². The van der Waals surface area contributed by atoms with Crippen molar-refractivity contribution in [1.29, 1.82) is 5.41 Å². The maximum atomic E-state index is 13.0. The van der Waals surface area contributed by atoms with Crippen molar-refractivity contribution < 1.29 is 22.6 Å². The van der Waals surface area contributed by atoms with E-state index in [4.69, 9.17) is 14.9 Å². The largest absolute Gasteiger partial charge is 0.416 e. The second kappa shape index (κ2) is 8.63. The van der Waals surface area contributed by atoms with E-state index in [1.807, 2.05) is 36.1 Å². The molecule has 166 valence electrons. The van der Waals surface area contributed by atoms with Crippen molar-refractivity contribution in [2.24, 2.45) is 0 Å². The number of halogens is 3. The lowest BCUT2D eigenvalue weighted by Crippen LogP contribution is -2.49. The predicted molar refractivity (Wildman–Crippen MR) is 112 cm³/mol. The number of nitrogens with zero attached hydrogens (tertiary/aromatic N) is 1. The van der Waals surface area contributed by atoms with E-state index >= 15 is 0 Å². The third-order valence-electron chi connectivity index (χ3n) is 6.27. The smallest absolute Gasteiger partial charge is 0.375 e. The minimum Gasteiger partial charge on any atom is -0.375 e. The molecule has 0 aliphatic carbocycles. The zero-order valence-electron chi connectivity index (χ0n) is 17.5. The zero-order chi connectivity index (χ0) is 22.1. The third kappa shape index (κ3) is 4.48. The first-order chi connectivity index (χ1) is 14.8. The van der Waals surface area contributed by atoms with E-state index in [0.717, 1.165) is 35.6 Å². The second-order valence-corrected chi connectivity index (χ2v) is 8.23. The molecule has 2 aromatic rings. The van der Waals surface area contributed by atoms with Crippen LogP contribution in [0.4, 0.5) is 13.2 Å². The van der Waals surface area contributed by atoms with Gasteiger partial charge in [-0.25, -0.2) is 0 Å². The predicted octanol–water partition coefficient (Wildman–Crippen LogP) is 5.17. The molecule has 2 saturated heterocycles. The Bertz CT molecular complexity index is 915. The molecule has 4 nitrogen and oxygen atoms in total. The van der Waals surface area contributed by atoms with Gasteiger partial charge in [-0.15, -0.1) is 0 Å². The highest BCUT2D eigenvalue weighted by molar-refractivity contribution is 5.96. The molecule has 0 aromatic heterocycles. The number of alkyl halides is 3. The van der Waals surface area contributed by atoms with Crippen molar-refractivity contribution in [2.45, 2.75) is 37.5 Å². The molecular weight excluding hydrogens is 405 g/mol. The number of benzene rings is 2. The van der Waals surface area contributed by atoms with Gasteiger partial charge in [-0.05, 0) is 42.9 Å². The first-order valence-corrected chi connectivity index (χ1v) is 10.7. The molecule has 0 spiro atoms. The molecule has 0 atom stereocenters. The Kier molecular flexibility index (Phi) is 6.08. The van der Waals surface area contributed by atoms with Gasteiger partial charge in [-0.2, -0.15) is 13.2 Å². The molecule has 2 heterocycles. The average Bonchev–Trinajstić information content (AvgIpc) is 2.75. The second-order valence-electron chi connectivity index (χ2n) is 8.23. The van der Waals surface area contributed by atoms with Crippen LogP contribution in [0.25, 0.3) is 0 Å². The van der Waals surface area contributed by atoms with Gasteiger partial charge in [-0.1, -0.05) is 42.5 Å². The van der Waals surface area contributed by atoms with Crippen molar-refractivity contribution in [2.75, 3.05) is 32.9 Å². The summed E-state index contributed by atoms with van der Waals surface area (Å²) in [5, 5.41) is 8.60. The van der Waals surface area contributed by atoms with Crippen LogP contribution in [-0.2, 0) is 21.3 Å². The van der Waals surface area contributed by atoms with Crippen molar-refractivity contribution in [3.63, 3.8) is 0 Å². The SMILES string of the molecule is CCOC1(c2ccc(C(=N)N3CCC(c4cccc(C(F)(F)F)c4)CC3)cc2)COC1. The summed E-state index contributed by atoms with van der Waals surface area (Å²) in [5.74, 6) is 0.530. The van der Waals surface area contributed by atoms with Gasteiger partial charge in [0.1, 0.15) is 11.4 Å². The normalized spacial score (nSPS) is 19.2. The Labute approximate surface area is 180 Å². The number of hydrogen-bond acceptors (Lipinski definition) is 3. The van der Waals surface area contributed by atoms with E-state index in [9.17, 15) is 13.2 Å². The third-order valence-corrected chi connectivity index (χ3v) is 6.27. The fraction of sp³-hybridized carbons (Fsp3) is 0.458. The molecule has 0 unspecified atom stereocenters. The number of hydrogen-bond donors (Lipinski definition) is 1. The van der Waals surface area contributed by atoms with Crippen LogP contribution in [0.15, 0.2) is 48.5 Å². The molecule has 31 heavy (non-hydrogen) atoms. The minimum absolute atomic E-state index is 0.0818. The van der Waals surface area contributed by atoms with E-state index in [2.05, 4.69) is 0 Å². The molecule has 0 radical (unpaired) electrons. The van der Waals surface area contributed by atoms with Gasteiger partial charge in [0, 0.05) is 25.3 Å². The topological polar surface area (TPSA) is 45.5 Å². The van der Waals surface area contributed by atoms with Crippen LogP contribution in [0.1, 0.15) is 47.9 Å².